The van der Waals surface area contributed by atoms with Crippen molar-refractivity contribution < 1.29 is 4.79 Å². The number of nitrogens with one attached hydrogen (secondary N) is 2. The molecule has 3 heterocycles. The van der Waals surface area contributed by atoms with E-state index in [2.05, 4.69) is 20.5 Å². The molecule has 4 rings (SSSR count). The second-order valence-electron chi connectivity index (χ2n) is 7.34. The highest BCUT2D eigenvalue weighted by molar-refractivity contribution is 5.75. The third-order valence-corrected chi connectivity index (χ3v) is 5.69. The summed E-state index contributed by atoms with van der Waals surface area (Å²) in [6.45, 7) is 3.13. The number of carbonyl (C=O) groups excluding carboxylic acids is 1. The van der Waals surface area contributed by atoms with Gasteiger partial charge in [-0.3, -0.25) is 9.55 Å². The summed E-state index contributed by atoms with van der Waals surface area (Å²) in [5, 5.41) is 9.74. The van der Waals surface area contributed by atoms with E-state index in [1.165, 1.54) is 17.4 Å². The maximum absolute atomic E-state index is 12.9. The lowest BCUT2D eigenvalue weighted by molar-refractivity contribution is 0.178. The summed E-state index contributed by atoms with van der Waals surface area (Å²) in [6.07, 6.45) is 6.88. The molecule has 2 N–H and O–H groups in total. The van der Waals surface area contributed by atoms with Crippen molar-refractivity contribution >= 4 is 6.03 Å². The average molecular weight is 356 g/mol. The Morgan fingerprint density at radius 3 is 2.85 bits per heavy atom. The number of aromatic amines is 1. The number of rotatable bonds is 4. The Labute approximate surface area is 151 Å². The number of likely N-dealkylation sites (tertiary alicyclic amines) is 1. The van der Waals surface area contributed by atoms with Crippen LogP contribution in [0.15, 0.2) is 23.3 Å². The lowest BCUT2D eigenvalue weighted by Gasteiger charge is -2.27. The molecule has 2 amide bonds. The molecular weight excluding hydrogens is 332 g/mol. The summed E-state index contributed by atoms with van der Waals surface area (Å²) in [6, 6.07) is 1.67. The molecule has 1 aliphatic heterocycles. The molecule has 2 aromatic heterocycles. The number of aromatic nitrogens is 4. The van der Waals surface area contributed by atoms with Crippen molar-refractivity contribution in [2.24, 2.45) is 18.9 Å². The first-order chi connectivity index (χ1) is 12.6. The summed E-state index contributed by atoms with van der Waals surface area (Å²) in [7, 11) is 1.71. The van der Waals surface area contributed by atoms with E-state index < -0.39 is 0 Å². The van der Waals surface area contributed by atoms with Crippen molar-refractivity contribution in [2.45, 2.75) is 38.8 Å². The topological polar surface area (TPSA) is 95.9 Å². The number of hydrogen-bond acceptors (Lipinski definition) is 4. The number of pyridine rings is 1. The third-order valence-electron chi connectivity index (χ3n) is 5.69. The number of carbonyl (C=O) groups is 1. The molecule has 2 unspecified atom stereocenters. The summed E-state index contributed by atoms with van der Waals surface area (Å²) < 4.78 is 1.52. The monoisotopic (exact) mass is 356 g/mol. The minimum atomic E-state index is -0.243. The number of H-pyrrole nitrogens is 1. The van der Waals surface area contributed by atoms with Crippen LogP contribution in [0.2, 0.25) is 0 Å². The molecule has 0 aromatic carbocycles. The molecule has 2 fully saturated rings. The second kappa shape index (κ2) is 6.59. The molecule has 2 aliphatic rings. The van der Waals surface area contributed by atoms with Crippen molar-refractivity contribution in [1.82, 2.24) is 30.0 Å². The Kier molecular flexibility index (Phi) is 4.26. The predicted molar refractivity (Wildman–Crippen MR) is 95.3 cm³/mol. The summed E-state index contributed by atoms with van der Waals surface area (Å²) in [5.74, 6) is 1.65. The Balaban J connectivity index is 1.54. The van der Waals surface area contributed by atoms with Crippen LogP contribution in [0.1, 0.15) is 42.3 Å². The molecule has 1 aliphatic carbocycles. The van der Waals surface area contributed by atoms with Gasteiger partial charge in [0.05, 0.1) is 6.04 Å². The standard InChI is InChI=1S/C18H24N6O2/c1-11-5-7-19-9-13(11)10-20-17(25)24-8-6-14(12-3-4-12)15(24)16-21-22-18(26)23(16)2/h5,7,9,12,14-15H,3-4,6,8,10H2,1-2H3,(H,20,25)(H,22,26). The van der Waals surface area contributed by atoms with Crippen LogP contribution in [-0.2, 0) is 13.6 Å². The van der Waals surface area contributed by atoms with Gasteiger partial charge in [0.1, 0.15) is 0 Å². The minimum absolute atomic E-state index is 0.114. The van der Waals surface area contributed by atoms with Gasteiger partial charge in [-0.2, -0.15) is 5.10 Å². The van der Waals surface area contributed by atoms with Crippen molar-refractivity contribution in [3.05, 3.63) is 45.9 Å². The molecule has 2 atom stereocenters. The van der Waals surface area contributed by atoms with E-state index in [1.807, 2.05) is 17.9 Å². The summed E-state index contributed by atoms with van der Waals surface area (Å²) in [4.78, 5) is 30.7. The van der Waals surface area contributed by atoms with Gasteiger partial charge < -0.3 is 10.2 Å². The third kappa shape index (κ3) is 3.00. The minimum Gasteiger partial charge on any atom is -0.334 e. The molecule has 26 heavy (non-hydrogen) atoms. The lowest BCUT2D eigenvalue weighted by Crippen LogP contribution is -2.41. The van der Waals surface area contributed by atoms with Gasteiger partial charge >= 0.3 is 11.7 Å². The van der Waals surface area contributed by atoms with E-state index in [9.17, 15) is 9.59 Å². The maximum atomic E-state index is 12.9. The first-order valence-corrected chi connectivity index (χ1v) is 9.11. The smallest absolute Gasteiger partial charge is 0.334 e. The zero-order chi connectivity index (χ0) is 18.3. The van der Waals surface area contributed by atoms with E-state index >= 15 is 0 Å². The van der Waals surface area contributed by atoms with Gasteiger partial charge in [0.15, 0.2) is 5.82 Å². The molecular formula is C18H24N6O2. The van der Waals surface area contributed by atoms with Crippen LogP contribution in [0.25, 0.3) is 0 Å². The zero-order valence-electron chi connectivity index (χ0n) is 15.1. The Bertz CT molecular complexity index is 869. The van der Waals surface area contributed by atoms with Crippen LogP contribution in [0.5, 0.6) is 0 Å². The molecule has 0 bridgehead atoms. The molecule has 138 valence electrons. The van der Waals surface area contributed by atoms with Gasteiger partial charge in [-0.15, -0.1) is 0 Å². The Morgan fingerprint density at radius 2 is 2.19 bits per heavy atom. The number of hydrogen-bond donors (Lipinski definition) is 2. The molecule has 1 saturated carbocycles. The number of aryl methyl sites for hydroxylation is 1. The van der Waals surface area contributed by atoms with Gasteiger partial charge in [0.25, 0.3) is 0 Å². The predicted octanol–water partition coefficient (Wildman–Crippen LogP) is 1.49. The Morgan fingerprint density at radius 1 is 1.38 bits per heavy atom. The number of nitrogens with zero attached hydrogens (tertiary/aromatic N) is 4. The highest BCUT2D eigenvalue weighted by atomic mass is 16.2. The van der Waals surface area contributed by atoms with Gasteiger partial charge in [-0.1, -0.05) is 0 Å². The van der Waals surface area contributed by atoms with Gasteiger partial charge in [0.2, 0.25) is 0 Å². The first kappa shape index (κ1) is 16.8. The fourth-order valence-corrected chi connectivity index (χ4v) is 3.97. The molecule has 8 heteroatoms. The van der Waals surface area contributed by atoms with E-state index in [-0.39, 0.29) is 17.8 Å². The van der Waals surface area contributed by atoms with E-state index in [1.54, 1.807) is 19.4 Å². The van der Waals surface area contributed by atoms with Crippen LogP contribution in [-0.4, -0.2) is 37.2 Å². The van der Waals surface area contributed by atoms with Gasteiger partial charge in [-0.05, 0) is 55.2 Å². The second-order valence-corrected chi connectivity index (χ2v) is 7.34. The molecule has 8 nitrogen and oxygen atoms in total. The largest absolute Gasteiger partial charge is 0.343 e. The summed E-state index contributed by atoms with van der Waals surface area (Å²) in [5.41, 5.74) is 1.86. The SMILES string of the molecule is Cc1ccncc1CNC(=O)N1CCC(C2CC2)C1c1n[nH]c(=O)n1C. The van der Waals surface area contributed by atoms with Crippen molar-refractivity contribution in [3.8, 4) is 0 Å². The highest BCUT2D eigenvalue weighted by Crippen LogP contribution is 2.49. The van der Waals surface area contributed by atoms with Crippen LogP contribution >= 0.6 is 0 Å². The zero-order valence-corrected chi connectivity index (χ0v) is 15.1. The quantitative estimate of drug-likeness (QED) is 0.868. The molecule has 1 saturated heterocycles. The fraction of sp³-hybridized carbons (Fsp3) is 0.556. The lowest BCUT2D eigenvalue weighted by atomic mass is 9.94. The van der Waals surface area contributed by atoms with Crippen LogP contribution in [0, 0.1) is 18.8 Å². The maximum Gasteiger partial charge on any atom is 0.343 e. The van der Waals surface area contributed by atoms with E-state index in [0.717, 1.165) is 17.5 Å². The fourth-order valence-electron chi connectivity index (χ4n) is 3.97. The molecule has 0 spiro atoms. The van der Waals surface area contributed by atoms with Crippen molar-refractivity contribution in [3.63, 3.8) is 0 Å². The van der Waals surface area contributed by atoms with E-state index in [0.29, 0.717) is 30.7 Å². The highest BCUT2D eigenvalue weighted by Gasteiger charge is 2.47. The van der Waals surface area contributed by atoms with Gasteiger partial charge in [0, 0.05) is 32.5 Å². The number of urea groups is 1. The van der Waals surface area contributed by atoms with Gasteiger partial charge in [-0.25, -0.2) is 14.7 Å². The first-order valence-electron chi connectivity index (χ1n) is 9.11. The van der Waals surface area contributed by atoms with Crippen LogP contribution in [0.3, 0.4) is 0 Å². The van der Waals surface area contributed by atoms with Crippen LogP contribution in [0.4, 0.5) is 4.79 Å². The van der Waals surface area contributed by atoms with Crippen molar-refractivity contribution in [2.75, 3.05) is 6.54 Å². The molecule has 0 radical (unpaired) electrons. The molecule has 2 aromatic rings. The Hall–Kier alpha value is -2.64. The van der Waals surface area contributed by atoms with Crippen LogP contribution < -0.4 is 11.0 Å². The van der Waals surface area contributed by atoms with Crippen molar-refractivity contribution in [1.29, 1.82) is 0 Å². The summed E-state index contributed by atoms with van der Waals surface area (Å²) >= 11 is 0. The average Bonchev–Trinajstić information content (AvgIpc) is 3.31. The number of amides is 2. The normalized spacial score (nSPS) is 22.6. The van der Waals surface area contributed by atoms with E-state index in [4.69, 9.17) is 0 Å².